The van der Waals surface area contributed by atoms with E-state index in [1.54, 1.807) is 49.4 Å². The molecule has 0 unspecified atom stereocenters. The third-order valence-electron chi connectivity index (χ3n) is 4.50. The summed E-state index contributed by atoms with van der Waals surface area (Å²) in [6.45, 7) is 2.09. The summed E-state index contributed by atoms with van der Waals surface area (Å²) in [6, 6.07) is 11.8. The summed E-state index contributed by atoms with van der Waals surface area (Å²) < 4.78 is 5.15. The Balaban J connectivity index is 2.29. The van der Waals surface area contributed by atoms with Gasteiger partial charge >= 0.3 is 0 Å². The predicted octanol–water partition coefficient (Wildman–Crippen LogP) is 4.10. The molecule has 1 N–H and O–H groups in total. The maximum Gasteiger partial charge on any atom is 0.242 e. The molecule has 0 aliphatic carbocycles. The fourth-order valence-electron chi connectivity index (χ4n) is 2.94. The second kappa shape index (κ2) is 10.3. The molecule has 0 fully saturated rings. The molecular formula is C21H24Cl2N2O3. The number of nitrogens with zero attached hydrogens (tertiary/aromatic N) is 1. The summed E-state index contributed by atoms with van der Waals surface area (Å²) in [6.07, 6.45) is 0.655. The molecule has 0 aromatic heterocycles. The molecule has 2 rings (SSSR count). The van der Waals surface area contributed by atoms with Gasteiger partial charge in [0.05, 0.1) is 13.5 Å². The Hall–Kier alpha value is -2.24. The average Bonchev–Trinajstić information content (AvgIpc) is 2.69. The van der Waals surface area contributed by atoms with Crippen LogP contribution in [-0.4, -0.2) is 36.9 Å². The van der Waals surface area contributed by atoms with Gasteiger partial charge in [-0.05, 0) is 41.8 Å². The SMILES string of the molecule is CC[C@@H](C(=O)NC)N(Cc1ccc(Cl)cc1Cl)C(=O)Cc1ccc(OC)cc1. The minimum atomic E-state index is -0.595. The zero-order valence-electron chi connectivity index (χ0n) is 16.2. The summed E-state index contributed by atoms with van der Waals surface area (Å²) >= 11 is 12.3. The zero-order valence-corrected chi connectivity index (χ0v) is 17.7. The maximum absolute atomic E-state index is 13.1. The number of nitrogens with one attached hydrogen (secondary N) is 1. The Bertz CT molecular complexity index is 825. The lowest BCUT2D eigenvalue weighted by Crippen LogP contribution is -2.48. The molecule has 0 saturated carbocycles. The lowest BCUT2D eigenvalue weighted by Gasteiger charge is -2.30. The quantitative estimate of drug-likeness (QED) is 0.696. The van der Waals surface area contributed by atoms with Crippen LogP contribution in [0.2, 0.25) is 10.0 Å². The lowest BCUT2D eigenvalue weighted by molar-refractivity contribution is -0.140. The van der Waals surface area contributed by atoms with Gasteiger partial charge in [0, 0.05) is 23.6 Å². The number of carbonyl (C=O) groups is 2. The third-order valence-corrected chi connectivity index (χ3v) is 5.09. The summed E-state index contributed by atoms with van der Waals surface area (Å²) in [5.41, 5.74) is 1.57. The first kappa shape index (κ1) is 22.1. The van der Waals surface area contributed by atoms with Crippen LogP contribution in [0, 0.1) is 0 Å². The van der Waals surface area contributed by atoms with Crippen molar-refractivity contribution in [1.29, 1.82) is 0 Å². The van der Waals surface area contributed by atoms with Crippen LogP contribution in [0.4, 0.5) is 0 Å². The average molecular weight is 423 g/mol. The van der Waals surface area contributed by atoms with E-state index >= 15 is 0 Å². The third kappa shape index (κ3) is 5.63. The van der Waals surface area contributed by atoms with Crippen LogP contribution in [0.1, 0.15) is 24.5 Å². The molecule has 1 atom stereocenters. The molecule has 0 bridgehead atoms. The van der Waals surface area contributed by atoms with Gasteiger partial charge in [0.2, 0.25) is 11.8 Å². The van der Waals surface area contributed by atoms with Crippen LogP contribution in [0.5, 0.6) is 5.75 Å². The number of amides is 2. The van der Waals surface area contributed by atoms with Crippen LogP contribution in [0.3, 0.4) is 0 Å². The van der Waals surface area contributed by atoms with Crippen LogP contribution in [0.25, 0.3) is 0 Å². The molecule has 150 valence electrons. The first-order chi connectivity index (χ1) is 13.4. The Labute approximate surface area is 175 Å². The van der Waals surface area contributed by atoms with Crippen LogP contribution in [0.15, 0.2) is 42.5 Å². The second-order valence-corrected chi connectivity index (χ2v) is 7.16. The van der Waals surface area contributed by atoms with Crippen LogP contribution < -0.4 is 10.1 Å². The van der Waals surface area contributed by atoms with Gasteiger partial charge in [-0.15, -0.1) is 0 Å². The van der Waals surface area contributed by atoms with Crippen molar-refractivity contribution < 1.29 is 14.3 Å². The van der Waals surface area contributed by atoms with E-state index in [2.05, 4.69) is 5.32 Å². The van der Waals surface area contributed by atoms with E-state index < -0.39 is 6.04 Å². The van der Waals surface area contributed by atoms with Crippen molar-refractivity contribution in [2.75, 3.05) is 14.2 Å². The number of hydrogen-bond donors (Lipinski definition) is 1. The second-order valence-electron chi connectivity index (χ2n) is 6.32. The van der Waals surface area contributed by atoms with E-state index in [-0.39, 0.29) is 24.8 Å². The number of rotatable bonds is 8. The number of methoxy groups -OCH3 is 1. The molecule has 0 spiro atoms. The topological polar surface area (TPSA) is 58.6 Å². The summed E-state index contributed by atoms with van der Waals surface area (Å²) in [5.74, 6) is 0.347. The number of halogens is 2. The van der Waals surface area contributed by atoms with Gasteiger partial charge in [0.25, 0.3) is 0 Å². The summed E-state index contributed by atoms with van der Waals surface area (Å²) in [5, 5.41) is 3.61. The van der Waals surface area contributed by atoms with E-state index in [0.29, 0.717) is 16.5 Å². The van der Waals surface area contributed by atoms with Gasteiger partial charge in [0.1, 0.15) is 11.8 Å². The maximum atomic E-state index is 13.1. The van der Waals surface area contributed by atoms with Crippen molar-refractivity contribution in [2.24, 2.45) is 0 Å². The highest BCUT2D eigenvalue weighted by molar-refractivity contribution is 6.35. The van der Waals surface area contributed by atoms with Gasteiger partial charge in [-0.1, -0.05) is 48.3 Å². The molecule has 2 amide bonds. The molecule has 0 radical (unpaired) electrons. The number of carbonyl (C=O) groups excluding carboxylic acids is 2. The first-order valence-corrected chi connectivity index (χ1v) is 9.73. The van der Waals surface area contributed by atoms with E-state index in [4.69, 9.17) is 27.9 Å². The van der Waals surface area contributed by atoms with E-state index in [9.17, 15) is 9.59 Å². The number of benzene rings is 2. The van der Waals surface area contributed by atoms with E-state index in [1.165, 1.54) is 0 Å². The normalized spacial score (nSPS) is 11.6. The fourth-order valence-corrected chi connectivity index (χ4v) is 3.41. The van der Waals surface area contributed by atoms with E-state index in [0.717, 1.165) is 16.9 Å². The number of ether oxygens (including phenoxy) is 1. The number of likely N-dealkylation sites (N-methyl/N-ethyl adjacent to an activating group) is 1. The number of hydrogen-bond acceptors (Lipinski definition) is 3. The van der Waals surface area contributed by atoms with Crippen molar-refractivity contribution in [3.63, 3.8) is 0 Å². The molecule has 28 heavy (non-hydrogen) atoms. The first-order valence-electron chi connectivity index (χ1n) is 8.97. The molecular weight excluding hydrogens is 399 g/mol. The molecule has 2 aromatic rings. The van der Waals surface area contributed by atoms with Gasteiger partial charge in [-0.3, -0.25) is 9.59 Å². The minimum absolute atomic E-state index is 0.161. The highest BCUT2D eigenvalue weighted by Gasteiger charge is 2.28. The fraction of sp³-hybridized carbons (Fsp3) is 0.333. The van der Waals surface area contributed by atoms with Crippen molar-refractivity contribution >= 4 is 35.0 Å². The van der Waals surface area contributed by atoms with Crippen molar-refractivity contribution in [1.82, 2.24) is 10.2 Å². The monoisotopic (exact) mass is 422 g/mol. The Morgan fingerprint density at radius 2 is 1.82 bits per heavy atom. The smallest absolute Gasteiger partial charge is 0.242 e. The molecule has 2 aromatic carbocycles. The van der Waals surface area contributed by atoms with Gasteiger partial charge in [0.15, 0.2) is 0 Å². The highest BCUT2D eigenvalue weighted by atomic mass is 35.5. The molecule has 0 aliphatic rings. The van der Waals surface area contributed by atoms with Crippen molar-refractivity contribution in [3.8, 4) is 5.75 Å². The Kier molecular flexibility index (Phi) is 8.15. The minimum Gasteiger partial charge on any atom is -0.497 e. The molecule has 0 saturated heterocycles. The van der Waals surface area contributed by atoms with Crippen molar-refractivity contribution in [3.05, 3.63) is 63.6 Å². The van der Waals surface area contributed by atoms with E-state index in [1.807, 2.05) is 19.1 Å². The molecule has 0 aliphatic heterocycles. The lowest BCUT2D eigenvalue weighted by atomic mass is 10.1. The molecule has 0 heterocycles. The molecule has 5 nitrogen and oxygen atoms in total. The summed E-state index contributed by atoms with van der Waals surface area (Å²) in [7, 11) is 3.15. The van der Waals surface area contributed by atoms with Gasteiger partial charge in [-0.25, -0.2) is 0 Å². The zero-order chi connectivity index (χ0) is 20.7. The van der Waals surface area contributed by atoms with Gasteiger partial charge < -0.3 is 15.0 Å². The van der Waals surface area contributed by atoms with Crippen molar-refractivity contribution in [2.45, 2.75) is 32.4 Å². The summed E-state index contributed by atoms with van der Waals surface area (Å²) in [4.78, 5) is 27.1. The Morgan fingerprint density at radius 1 is 1.14 bits per heavy atom. The van der Waals surface area contributed by atoms with Crippen LogP contribution >= 0.6 is 23.2 Å². The Morgan fingerprint density at radius 3 is 2.36 bits per heavy atom. The molecule has 7 heteroatoms. The highest BCUT2D eigenvalue weighted by Crippen LogP contribution is 2.24. The standard InChI is InChI=1S/C21H24Cl2N2O3/c1-4-19(21(27)24-2)25(13-15-7-8-16(22)12-18(15)23)20(26)11-14-5-9-17(28-3)10-6-14/h5-10,12,19H,4,11,13H2,1-3H3,(H,24,27)/t19-/m0/s1. The van der Waals surface area contributed by atoms with Gasteiger partial charge in [-0.2, -0.15) is 0 Å². The van der Waals surface area contributed by atoms with Crippen LogP contribution in [-0.2, 0) is 22.6 Å². The predicted molar refractivity (Wildman–Crippen MR) is 112 cm³/mol. The largest absolute Gasteiger partial charge is 0.497 e.